The number of halogens is 1. The number of hydrogen-bond donors (Lipinski definition) is 0. The van der Waals surface area contributed by atoms with Gasteiger partial charge in [-0.25, -0.2) is 4.39 Å². The molecule has 3 rings (SSSR count). The molecule has 1 saturated heterocycles. The average molecular weight is 354 g/mol. The highest BCUT2D eigenvalue weighted by molar-refractivity contribution is 5.94. The molecule has 0 saturated carbocycles. The van der Waals surface area contributed by atoms with Crippen molar-refractivity contribution in [1.29, 1.82) is 0 Å². The second kappa shape index (κ2) is 7.20. The molecule has 0 unspecified atom stereocenters. The van der Waals surface area contributed by atoms with Crippen molar-refractivity contribution in [1.82, 2.24) is 9.80 Å². The number of rotatable bonds is 4. The normalized spacial score (nSPS) is 18.1. The third-order valence-corrected chi connectivity index (χ3v) is 5.27. The highest BCUT2D eigenvalue weighted by Gasteiger charge is 2.27. The van der Waals surface area contributed by atoms with Gasteiger partial charge in [-0.15, -0.1) is 0 Å². The van der Waals surface area contributed by atoms with Gasteiger partial charge in [0.2, 0.25) is 0 Å². The molecule has 1 heterocycles. The van der Waals surface area contributed by atoms with Crippen LogP contribution in [0.2, 0.25) is 0 Å². The summed E-state index contributed by atoms with van der Waals surface area (Å²) in [4.78, 5) is 16.8. The van der Waals surface area contributed by atoms with Crippen molar-refractivity contribution in [3.05, 3.63) is 59.7 Å². The van der Waals surface area contributed by atoms with Gasteiger partial charge in [0.05, 0.1) is 0 Å². The lowest BCUT2D eigenvalue weighted by atomic mass is 9.96. The lowest BCUT2D eigenvalue weighted by molar-refractivity contribution is 0.0737. The molecule has 26 heavy (non-hydrogen) atoms. The van der Waals surface area contributed by atoms with Gasteiger partial charge in [0.1, 0.15) is 5.67 Å². The Morgan fingerprint density at radius 1 is 1.08 bits per heavy atom. The van der Waals surface area contributed by atoms with Crippen molar-refractivity contribution in [3.8, 4) is 11.1 Å². The number of alkyl halides is 1. The van der Waals surface area contributed by atoms with Crippen molar-refractivity contribution in [2.24, 2.45) is 0 Å². The molecule has 138 valence electrons. The van der Waals surface area contributed by atoms with Crippen LogP contribution in [0.15, 0.2) is 48.5 Å². The van der Waals surface area contributed by atoms with E-state index in [4.69, 9.17) is 0 Å². The van der Waals surface area contributed by atoms with Gasteiger partial charge in [0.15, 0.2) is 0 Å². The summed E-state index contributed by atoms with van der Waals surface area (Å²) in [5, 5.41) is 0. The number of likely N-dealkylation sites (N-methyl/N-ethyl adjacent to an activating group) is 2. The first-order valence-corrected chi connectivity index (χ1v) is 9.11. The minimum atomic E-state index is -1.34. The Morgan fingerprint density at radius 3 is 2.08 bits per heavy atom. The molecule has 0 N–H and O–H groups in total. The monoisotopic (exact) mass is 354 g/mol. The SMILES string of the molecule is CN1CC[C@H](N(C)C(=O)c2ccc(-c3ccc(C(C)(C)F)cc3)cc2)C1. The van der Waals surface area contributed by atoms with Gasteiger partial charge >= 0.3 is 0 Å². The minimum absolute atomic E-state index is 0.0615. The molecule has 0 radical (unpaired) electrons. The largest absolute Gasteiger partial charge is 0.337 e. The molecule has 1 fully saturated rings. The van der Waals surface area contributed by atoms with E-state index in [0.29, 0.717) is 11.1 Å². The number of likely N-dealkylation sites (tertiary alicyclic amines) is 1. The van der Waals surface area contributed by atoms with Crippen LogP contribution in [-0.2, 0) is 5.67 Å². The molecule has 1 atom stereocenters. The smallest absolute Gasteiger partial charge is 0.253 e. The predicted molar refractivity (Wildman–Crippen MR) is 104 cm³/mol. The molecule has 1 aliphatic rings. The Labute approximate surface area is 155 Å². The van der Waals surface area contributed by atoms with Crippen LogP contribution >= 0.6 is 0 Å². The molecule has 0 aromatic heterocycles. The zero-order chi connectivity index (χ0) is 18.9. The number of nitrogens with zero attached hydrogens (tertiary/aromatic N) is 2. The highest BCUT2D eigenvalue weighted by atomic mass is 19.1. The van der Waals surface area contributed by atoms with E-state index >= 15 is 0 Å². The third-order valence-electron chi connectivity index (χ3n) is 5.27. The molecule has 0 bridgehead atoms. The summed E-state index contributed by atoms with van der Waals surface area (Å²) >= 11 is 0. The van der Waals surface area contributed by atoms with Gasteiger partial charge in [-0.1, -0.05) is 36.4 Å². The minimum Gasteiger partial charge on any atom is -0.337 e. The molecular weight excluding hydrogens is 327 g/mol. The topological polar surface area (TPSA) is 23.6 Å². The van der Waals surface area contributed by atoms with E-state index in [2.05, 4.69) is 11.9 Å². The summed E-state index contributed by atoms with van der Waals surface area (Å²) in [6.07, 6.45) is 1.02. The zero-order valence-electron chi connectivity index (χ0n) is 16.0. The first kappa shape index (κ1) is 18.6. The number of benzene rings is 2. The van der Waals surface area contributed by atoms with Crippen LogP contribution in [0.3, 0.4) is 0 Å². The summed E-state index contributed by atoms with van der Waals surface area (Å²) < 4.78 is 14.0. The van der Waals surface area contributed by atoms with Crippen LogP contribution in [0.5, 0.6) is 0 Å². The molecule has 2 aromatic rings. The van der Waals surface area contributed by atoms with Crippen LogP contribution in [0.4, 0.5) is 4.39 Å². The standard InChI is InChI=1S/C22H27FN2O/c1-22(2,23)19-11-9-17(10-12-19)16-5-7-18(8-6-16)21(26)25(4)20-13-14-24(3)15-20/h5-12,20H,13-15H2,1-4H3/t20-/m0/s1. The van der Waals surface area contributed by atoms with E-state index in [9.17, 15) is 9.18 Å². The average Bonchev–Trinajstić information content (AvgIpc) is 3.06. The molecule has 3 nitrogen and oxygen atoms in total. The van der Waals surface area contributed by atoms with Crippen molar-refractivity contribution in [3.63, 3.8) is 0 Å². The van der Waals surface area contributed by atoms with Crippen molar-refractivity contribution in [2.75, 3.05) is 27.2 Å². The van der Waals surface area contributed by atoms with E-state index in [-0.39, 0.29) is 11.9 Å². The third kappa shape index (κ3) is 3.96. The summed E-state index contributed by atoms with van der Waals surface area (Å²) in [5.74, 6) is 0.0615. The zero-order valence-corrected chi connectivity index (χ0v) is 16.0. The first-order chi connectivity index (χ1) is 12.3. The molecule has 1 aliphatic heterocycles. The van der Waals surface area contributed by atoms with Crippen molar-refractivity contribution < 1.29 is 9.18 Å². The molecule has 4 heteroatoms. The van der Waals surface area contributed by atoms with E-state index in [1.165, 1.54) is 0 Å². The fourth-order valence-corrected chi connectivity index (χ4v) is 3.46. The Morgan fingerprint density at radius 2 is 1.62 bits per heavy atom. The fourth-order valence-electron chi connectivity index (χ4n) is 3.46. The summed E-state index contributed by atoms with van der Waals surface area (Å²) in [5.41, 5.74) is 2.06. The summed E-state index contributed by atoms with van der Waals surface area (Å²) in [6.45, 7) is 5.08. The maximum Gasteiger partial charge on any atom is 0.253 e. The summed E-state index contributed by atoms with van der Waals surface area (Å²) in [7, 11) is 3.97. The lowest BCUT2D eigenvalue weighted by Gasteiger charge is -2.24. The maximum atomic E-state index is 14.0. The van der Waals surface area contributed by atoms with Crippen LogP contribution in [0, 0.1) is 0 Å². The van der Waals surface area contributed by atoms with Crippen LogP contribution < -0.4 is 0 Å². The first-order valence-electron chi connectivity index (χ1n) is 9.11. The van der Waals surface area contributed by atoms with Crippen LogP contribution in [0.25, 0.3) is 11.1 Å². The fraction of sp³-hybridized carbons (Fsp3) is 0.409. The number of hydrogen-bond acceptors (Lipinski definition) is 2. The molecule has 1 amide bonds. The number of carbonyl (C=O) groups excluding carboxylic acids is 1. The second-order valence-corrected chi connectivity index (χ2v) is 7.75. The van der Waals surface area contributed by atoms with E-state index in [1.54, 1.807) is 13.8 Å². The Bertz CT molecular complexity index is 762. The van der Waals surface area contributed by atoms with E-state index < -0.39 is 5.67 Å². The predicted octanol–water partition coefficient (Wildman–Crippen LogP) is 4.33. The molecular formula is C22H27FN2O. The molecule has 0 aliphatic carbocycles. The number of carbonyl (C=O) groups is 1. The Balaban J connectivity index is 1.73. The van der Waals surface area contributed by atoms with Crippen LogP contribution in [-0.4, -0.2) is 48.9 Å². The number of amides is 1. The maximum absolute atomic E-state index is 14.0. The van der Waals surface area contributed by atoms with Gasteiger partial charge in [0.25, 0.3) is 5.91 Å². The summed E-state index contributed by atoms with van der Waals surface area (Å²) in [6, 6.07) is 15.4. The van der Waals surface area contributed by atoms with Gasteiger partial charge in [0, 0.05) is 25.2 Å². The van der Waals surface area contributed by atoms with Crippen LogP contribution in [0.1, 0.15) is 36.2 Å². The van der Waals surface area contributed by atoms with Crippen molar-refractivity contribution >= 4 is 5.91 Å². The second-order valence-electron chi connectivity index (χ2n) is 7.75. The van der Waals surface area contributed by atoms with Crippen molar-refractivity contribution in [2.45, 2.75) is 32.0 Å². The van der Waals surface area contributed by atoms with Gasteiger partial charge < -0.3 is 9.80 Å². The quantitative estimate of drug-likeness (QED) is 0.816. The van der Waals surface area contributed by atoms with E-state index in [1.807, 2.05) is 60.5 Å². The Hall–Kier alpha value is -2.20. The molecule has 2 aromatic carbocycles. The van der Waals surface area contributed by atoms with E-state index in [0.717, 1.165) is 30.6 Å². The van der Waals surface area contributed by atoms with Gasteiger partial charge in [-0.2, -0.15) is 0 Å². The lowest BCUT2D eigenvalue weighted by Crippen LogP contribution is -2.38. The highest BCUT2D eigenvalue weighted by Crippen LogP contribution is 2.28. The Kier molecular flexibility index (Phi) is 5.15. The molecule has 0 spiro atoms. The van der Waals surface area contributed by atoms with Gasteiger partial charge in [-0.05, 0) is 62.7 Å². The van der Waals surface area contributed by atoms with Gasteiger partial charge in [-0.3, -0.25) is 4.79 Å².